The van der Waals surface area contributed by atoms with Gasteiger partial charge in [0.05, 0.1) is 0 Å². The van der Waals surface area contributed by atoms with Crippen LogP contribution < -0.4 is 10.6 Å². The lowest BCUT2D eigenvalue weighted by molar-refractivity contribution is -0.682. The maximum absolute atomic E-state index is 12.2. The zero-order chi connectivity index (χ0) is 16.9. The first-order valence-electron chi connectivity index (χ1n) is 7.99. The van der Waals surface area contributed by atoms with Gasteiger partial charge in [-0.2, -0.15) is 0 Å². The molecule has 0 saturated heterocycles. The molecule has 122 valence electrons. The number of anilines is 1. The molecule has 1 amide bonds. The van der Waals surface area contributed by atoms with Crippen LogP contribution in [0.4, 0.5) is 5.69 Å². The Labute approximate surface area is 146 Å². The fraction of sp³-hybridized carbons (Fsp3) is 0.150. The highest BCUT2D eigenvalue weighted by Gasteiger charge is 2.12. The van der Waals surface area contributed by atoms with Gasteiger partial charge in [-0.1, -0.05) is 54.1 Å². The minimum atomic E-state index is -0.0147. The van der Waals surface area contributed by atoms with Crippen LogP contribution in [0.1, 0.15) is 18.5 Å². The zero-order valence-corrected chi connectivity index (χ0v) is 14.3. The predicted molar refractivity (Wildman–Crippen MR) is 99.2 cm³/mol. The Morgan fingerprint density at radius 1 is 1.04 bits per heavy atom. The van der Waals surface area contributed by atoms with Gasteiger partial charge in [0.1, 0.15) is 6.04 Å². The van der Waals surface area contributed by atoms with Gasteiger partial charge in [0.2, 0.25) is 0 Å². The third-order valence-electron chi connectivity index (χ3n) is 4.06. The number of nitrogens with one attached hydrogen (secondary N) is 1. The van der Waals surface area contributed by atoms with Gasteiger partial charge in [0.25, 0.3) is 5.91 Å². The number of hydrogen-bond acceptors (Lipinski definition) is 1. The van der Waals surface area contributed by atoms with Crippen LogP contribution in [0.5, 0.6) is 0 Å². The number of benzene rings is 3. The molecule has 0 aliphatic rings. The highest BCUT2D eigenvalue weighted by molar-refractivity contribution is 6.30. The molecule has 0 aliphatic heterocycles. The molecular formula is C20H20ClN2O+. The van der Waals surface area contributed by atoms with Crippen LogP contribution in [0, 0.1) is 0 Å². The van der Waals surface area contributed by atoms with E-state index in [1.54, 1.807) is 0 Å². The summed E-state index contributed by atoms with van der Waals surface area (Å²) in [6, 6.07) is 21.9. The molecule has 3 aromatic carbocycles. The van der Waals surface area contributed by atoms with E-state index in [2.05, 4.69) is 18.3 Å². The summed E-state index contributed by atoms with van der Waals surface area (Å²) in [7, 11) is 0. The minimum absolute atomic E-state index is 0.0147. The number of carbonyl (C=O) groups is 1. The first-order valence-corrected chi connectivity index (χ1v) is 8.37. The molecule has 3 rings (SSSR count). The monoisotopic (exact) mass is 339 g/mol. The van der Waals surface area contributed by atoms with Crippen molar-refractivity contribution in [2.75, 3.05) is 11.9 Å². The molecule has 0 fully saturated rings. The summed E-state index contributed by atoms with van der Waals surface area (Å²) in [6.45, 7) is 2.43. The lowest BCUT2D eigenvalue weighted by atomic mass is 10.1. The van der Waals surface area contributed by atoms with Gasteiger partial charge in [-0.05, 0) is 42.0 Å². The van der Waals surface area contributed by atoms with Crippen molar-refractivity contribution in [1.29, 1.82) is 0 Å². The first-order chi connectivity index (χ1) is 11.6. The third kappa shape index (κ3) is 4.13. The van der Waals surface area contributed by atoms with Crippen molar-refractivity contribution in [2.24, 2.45) is 0 Å². The summed E-state index contributed by atoms with van der Waals surface area (Å²) in [4.78, 5) is 12.2. The van der Waals surface area contributed by atoms with E-state index in [1.807, 2.05) is 66.0 Å². The van der Waals surface area contributed by atoms with Crippen molar-refractivity contribution < 1.29 is 10.1 Å². The van der Waals surface area contributed by atoms with E-state index in [4.69, 9.17) is 11.6 Å². The van der Waals surface area contributed by atoms with E-state index < -0.39 is 0 Å². The van der Waals surface area contributed by atoms with Crippen molar-refractivity contribution >= 4 is 34.0 Å². The van der Waals surface area contributed by atoms with Crippen molar-refractivity contribution in [3.8, 4) is 0 Å². The quantitative estimate of drug-likeness (QED) is 0.730. The molecule has 3 aromatic rings. The second kappa shape index (κ2) is 7.47. The number of amides is 1. The van der Waals surface area contributed by atoms with Gasteiger partial charge in [0, 0.05) is 16.3 Å². The van der Waals surface area contributed by atoms with E-state index in [0.717, 1.165) is 22.0 Å². The molecule has 1 atom stereocenters. The number of quaternary nitrogens is 1. The number of halogens is 1. The molecule has 0 aliphatic carbocycles. The molecule has 3 nitrogen and oxygen atoms in total. The summed E-state index contributed by atoms with van der Waals surface area (Å²) in [5.41, 5.74) is 1.93. The van der Waals surface area contributed by atoms with Gasteiger partial charge in [0.15, 0.2) is 6.54 Å². The third-order valence-corrected chi connectivity index (χ3v) is 4.30. The van der Waals surface area contributed by atoms with Gasteiger partial charge in [-0.15, -0.1) is 0 Å². The fourth-order valence-corrected chi connectivity index (χ4v) is 2.89. The highest BCUT2D eigenvalue weighted by atomic mass is 35.5. The van der Waals surface area contributed by atoms with E-state index in [0.29, 0.717) is 11.6 Å². The van der Waals surface area contributed by atoms with Crippen LogP contribution in [0.15, 0.2) is 66.7 Å². The van der Waals surface area contributed by atoms with Gasteiger partial charge in [-0.25, -0.2) is 0 Å². The second-order valence-corrected chi connectivity index (χ2v) is 6.33. The Morgan fingerprint density at radius 2 is 1.83 bits per heavy atom. The summed E-state index contributed by atoms with van der Waals surface area (Å²) in [5, 5.41) is 7.95. The number of hydrogen-bond donors (Lipinski definition) is 2. The van der Waals surface area contributed by atoms with Gasteiger partial charge < -0.3 is 10.6 Å². The predicted octanol–water partition coefficient (Wildman–Crippen LogP) is 3.76. The molecule has 0 bridgehead atoms. The molecular weight excluding hydrogens is 320 g/mol. The topological polar surface area (TPSA) is 45.7 Å². The SMILES string of the molecule is C[C@H]([NH2+]CC(=O)Nc1ccc2ccccc2c1)c1cccc(Cl)c1. The highest BCUT2D eigenvalue weighted by Crippen LogP contribution is 2.18. The summed E-state index contributed by atoms with van der Waals surface area (Å²) in [6.07, 6.45) is 0. The van der Waals surface area contributed by atoms with Gasteiger partial charge in [-0.3, -0.25) is 4.79 Å². The van der Waals surface area contributed by atoms with Crippen molar-refractivity contribution in [3.63, 3.8) is 0 Å². The normalized spacial score (nSPS) is 12.1. The average Bonchev–Trinajstić information content (AvgIpc) is 2.59. The molecule has 0 saturated carbocycles. The second-order valence-electron chi connectivity index (χ2n) is 5.89. The van der Waals surface area contributed by atoms with E-state index >= 15 is 0 Å². The molecule has 4 heteroatoms. The Balaban J connectivity index is 1.58. The van der Waals surface area contributed by atoms with Crippen LogP contribution in [0.25, 0.3) is 10.8 Å². The van der Waals surface area contributed by atoms with Crippen LogP contribution in [0.2, 0.25) is 5.02 Å². The number of carbonyl (C=O) groups excluding carboxylic acids is 1. The standard InChI is InChI=1S/C20H19ClN2O/c1-14(16-7-4-8-18(21)11-16)22-13-20(24)23-19-10-9-15-5-2-3-6-17(15)12-19/h2-12,14,22H,13H2,1H3,(H,23,24)/p+1/t14-/m0/s1. The number of rotatable bonds is 5. The van der Waals surface area contributed by atoms with Gasteiger partial charge >= 0.3 is 0 Å². The van der Waals surface area contributed by atoms with Crippen molar-refractivity contribution in [3.05, 3.63) is 77.3 Å². The molecule has 0 aromatic heterocycles. The molecule has 0 heterocycles. The Morgan fingerprint density at radius 3 is 2.62 bits per heavy atom. The van der Waals surface area contributed by atoms with Crippen LogP contribution in [-0.4, -0.2) is 12.5 Å². The molecule has 0 spiro atoms. The maximum Gasteiger partial charge on any atom is 0.279 e. The Kier molecular flexibility index (Phi) is 5.14. The number of fused-ring (bicyclic) bond motifs is 1. The molecule has 24 heavy (non-hydrogen) atoms. The van der Waals surface area contributed by atoms with E-state index in [1.165, 1.54) is 0 Å². The van der Waals surface area contributed by atoms with E-state index in [-0.39, 0.29) is 11.9 Å². The molecule has 0 unspecified atom stereocenters. The summed E-state index contributed by atoms with van der Waals surface area (Å²) in [5.74, 6) is -0.0147. The summed E-state index contributed by atoms with van der Waals surface area (Å²) < 4.78 is 0. The lowest BCUT2D eigenvalue weighted by Crippen LogP contribution is -2.86. The molecule has 3 N–H and O–H groups in total. The Hall–Kier alpha value is -2.36. The summed E-state index contributed by atoms with van der Waals surface area (Å²) >= 11 is 6.01. The van der Waals surface area contributed by atoms with Crippen molar-refractivity contribution in [1.82, 2.24) is 0 Å². The number of nitrogens with two attached hydrogens (primary N) is 1. The van der Waals surface area contributed by atoms with E-state index in [9.17, 15) is 4.79 Å². The molecule has 0 radical (unpaired) electrons. The lowest BCUT2D eigenvalue weighted by Gasteiger charge is -2.12. The maximum atomic E-state index is 12.2. The smallest absolute Gasteiger partial charge is 0.279 e. The Bertz CT molecular complexity index is 863. The minimum Gasteiger partial charge on any atom is -0.333 e. The van der Waals surface area contributed by atoms with Crippen LogP contribution in [0.3, 0.4) is 0 Å². The van der Waals surface area contributed by atoms with Crippen molar-refractivity contribution in [2.45, 2.75) is 13.0 Å². The fourth-order valence-electron chi connectivity index (χ4n) is 2.69. The van der Waals surface area contributed by atoms with Crippen LogP contribution >= 0.6 is 11.6 Å². The zero-order valence-electron chi connectivity index (χ0n) is 13.5. The average molecular weight is 340 g/mol. The van der Waals surface area contributed by atoms with Crippen LogP contribution in [-0.2, 0) is 4.79 Å². The largest absolute Gasteiger partial charge is 0.333 e. The first kappa shape index (κ1) is 16.5.